The van der Waals surface area contributed by atoms with E-state index in [1.54, 1.807) is 25.3 Å². The third-order valence-electron chi connectivity index (χ3n) is 3.53. The van der Waals surface area contributed by atoms with Crippen LogP contribution in [-0.4, -0.2) is 25.5 Å². The Kier molecular flexibility index (Phi) is 6.39. The fraction of sp³-hybridized carbons (Fsp3) is 0.263. The number of amides is 2. The summed E-state index contributed by atoms with van der Waals surface area (Å²) in [5, 5.41) is 5.49. The van der Waals surface area contributed by atoms with Gasteiger partial charge in [-0.05, 0) is 36.8 Å². The van der Waals surface area contributed by atoms with Crippen molar-refractivity contribution >= 4 is 17.5 Å². The SMILES string of the molecule is COc1ccc(NC(C)=O)cc1CNC(=O)COc1ccccc1C. The Labute approximate surface area is 147 Å². The lowest BCUT2D eigenvalue weighted by Crippen LogP contribution is -2.28. The first-order chi connectivity index (χ1) is 12.0. The number of hydrogen-bond donors (Lipinski definition) is 2. The van der Waals surface area contributed by atoms with Crippen LogP contribution < -0.4 is 20.1 Å². The van der Waals surface area contributed by atoms with E-state index in [9.17, 15) is 9.59 Å². The first kappa shape index (κ1) is 18.3. The van der Waals surface area contributed by atoms with E-state index in [0.717, 1.165) is 11.1 Å². The lowest BCUT2D eigenvalue weighted by Gasteiger charge is -2.13. The second kappa shape index (κ2) is 8.73. The van der Waals surface area contributed by atoms with Gasteiger partial charge in [-0.15, -0.1) is 0 Å². The van der Waals surface area contributed by atoms with Crippen molar-refractivity contribution in [2.45, 2.75) is 20.4 Å². The highest BCUT2D eigenvalue weighted by Gasteiger charge is 2.09. The molecule has 0 radical (unpaired) electrons. The lowest BCUT2D eigenvalue weighted by atomic mass is 10.1. The number of methoxy groups -OCH3 is 1. The number of nitrogens with one attached hydrogen (secondary N) is 2. The molecule has 6 heteroatoms. The molecule has 0 aliphatic carbocycles. The molecule has 0 unspecified atom stereocenters. The Balaban J connectivity index is 1.94. The van der Waals surface area contributed by atoms with Crippen molar-refractivity contribution in [3.05, 3.63) is 53.6 Å². The lowest BCUT2D eigenvalue weighted by molar-refractivity contribution is -0.123. The Morgan fingerprint density at radius 3 is 2.52 bits per heavy atom. The van der Waals surface area contributed by atoms with Crippen LogP contribution in [0.2, 0.25) is 0 Å². The predicted molar refractivity (Wildman–Crippen MR) is 95.8 cm³/mol. The standard InChI is InChI=1S/C19H22N2O4/c1-13-6-4-5-7-17(13)25-12-19(23)20-11-15-10-16(21-14(2)22)8-9-18(15)24-3/h4-10H,11-12H2,1-3H3,(H,20,23)(H,21,22). The molecule has 0 saturated carbocycles. The smallest absolute Gasteiger partial charge is 0.258 e. The molecule has 0 saturated heterocycles. The normalized spacial score (nSPS) is 10.0. The monoisotopic (exact) mass is 342 g/mol. The molecule has 25 heavy (non-hydrogen) atoms. The van der Waals surface area contributed by atoms with Crippen molar-refractivity contribution in [2.75, 3.05) is 19.0 Å². The zero-order chi connectivity index (χ0) is 18.2. The fourth-order valence-electron chi connectivity index (χ4n) is 2.30. The van der Waals surface area contributed by atoms with Gasteiger partial charge in [0.15, 0.2) is 6.61 Å². The van der Waals surface area contributed by atoms with E-state index in [1.807, 2.05) is 31.2 Å². The predicted octanol–water partition coefficient (Wildman–Crippen LogP) is 2.66. The molecule has 6 nitrogen and oxygen atoms in total. The molecule has 132 valence electrons. The zero-order valence-corrected chi connectivity index (χ0v) is 14.6. The van der Waals surface area contributed by atoms with Crippen LogP contribution in [0.4, 0.5) is 5.69 Å². The zero-order valence-electron chi connectivity index (χ0n) is 14.6. The fourth-order valence-corrected chi connectivity index (χ4v) is 2.30. The molecule has 2 aromatic carbocycles. The van der Waals surface area contributed by atoms with Gasteiger partial charge in [0.1, 0.15) is 11.5 Å². The van der Waals surface area contributed by atoms with Gasteiger partial charge in [-0.3, -0.25) is 9.59 Å². The molecule has 2 N–H and O–H groups in total. The van der Waals surface area contributed by atoms with Crippen molar-refractivity contribution in [1.82, 2.24) is 5.32 Å². The van der Waals surface area contributed by atoms with Gasteiger partial charge in [0.25, 0.3) is 5.91 Å². The summed E-state index contributed by atoms with van der Waals surface area (Å²) < 4.78 is 10.8. The van der Waals surface area contributed by atoms with Gasteiger partial charge in [-0.2, -0.15) is 0 Å². The summed E-state index contributed by atoms with van der Waals surface area (Å²) in [6.45, 7) is 3.56. The van der Waals surface area contributed by atoms with Crippen molar-refractivity contribution in [1.29, 1.82) is 0 Å². The summed E-state index contributed by atoms with van der Waals surface area (Å²) in [5.74, 6) is 0.916. The number of carbonyl (C=O) groups is 2. The summed E-state index contributed by atoms with van der Waals surface area (Å²) in [5.41, 5.74) is 2.38. The molecule has 2 rings (SSSR count). The maximum Gasteiger partial charge on any atom is 0.258 e. The third kappa shape index (κ3) is 5.53. The highest BCUT2D eigenvalue weighted by molar-refractivity contribution is 5.88. The van der Waals surface area contributed by atoms with E-state index in [-0.39, 0.29) is 25.0 Å². The van der Waals surface area contributed by atoms with Gasteiger partial charge < -0.3 is 20.1 Å². The van der Waals surface area contributed by atoms with Crippen LogP contribution in [0.1, 0.15) is 18.1 Å². The average Bonchev–Trinajstić information content (AvgIpc) is 2.59. The summed E-state index contributed by atoms with van der Waals surface area (Å²) in [6.07, 6.45) is 0. The van der Waals surface area contributed by atoms with Crippen molar-refractivity contribution in [3.8, 4) is 11.5 Å². The van der Waals surface area contributed by atoms with Gasteiger partial charge in [0, 0.05) is 24.7 Å². The number of hydrogen-bond acceptors (Lipinski definition) is 4. The molecular formula is C19H22N2O4. The van der Waals surface area contributed by atoms with Crippen molar-refractivity contribution in [3.63, 3.8) is 0 Å². The van der Waals surface area contributed by atoms with Crippen LogP contribution in [0.15, 0.2) is 42.5 Å². The molecule has 0 atom stereocenters. The van der Waals surface area contributed by atoms with Crippen LogP contribution in [0, 0.1) is 6.92 Å². The molecule has 2 aromatic rings. The minimum Gasteiger partial charge on any atom is -0.496 e. The Morgan fingerprint density at radius 2 is 1.84 bits per heavy atom. The van der Waals surface area contributed by atoms with E-state index in [4.69, 9.17) is 9.47 Å². The second-order valence-corrected chi connectivity index (χ2v) is 5.54. The van der Waals surface area contributed by atoms with E-state index >= 15 is 0 Å². The minimum atomic E-state index is -0.241. The summed E-state index contributed by atoms with van der Waals surface area (Å²) >= 11 is 0. The van der Waals surface area contributed by atoms with E-state index in [2.05, 4.69) is 10.6 Å². The molecule has 0 aromatic heterocycles. The quantitative estimate of drug-likeness (QED) is 0.811. The number of aryl methyl sites for hydroxylation is 1. The number of benzene rings is 2. The van der Waals surface area contributed by atoms with Gasteiger partial charge in [-0.25, -0.2) is 0 Å². The van der Waals surface area contributed by atoms with E-state index < -0.39 is 0 Å². The minimum absolute atomic E-state index is 0.0709. The maximum atomic E-state index is 12.0. The Bertz CT molecular complexity index is 759. The Hall–Kier alpha value is -3.02. The van der Waals surface area contributed by atoms with Crippen LogP contribution in [0.3, 0.4) is 0 Å². The average molecular weight is 342 g/mol. The Morgan fingerprint density at radius 1 is 1.08 bits per heavy atom. The molecule has 0 aliphatic rings. The van der Waals surface area contributed by atoms with Crippen LogP contribution in [0.5, 0.6) is 11.5 Å². The number of rotatable bonds is 7. The largest absolute Gasteiger partial charge is 0.496 e. The van der Waals surface area contributed by atoms with Gasteiger partial charge in [0.05, 0.1) is 7.11 Å². The van der Waals surface area contributed by atoms with E-state index in [1.165, 1.54) is 6.92 Å². The number of anilines is 1. The first-order valence-corrected chi connectivity index (χ1v) is 7.89. The maximum absolute atomic E-state index is 12.0. The van der Waals surface area contributed by atoms with Gasteiger partial charge in [-0.1, -0.05) is 18.2 Å². The third-order valence-corrected chi connectivity index (χ3v) is 3.53. The highest BCUT2D eigenvalue weighted by Crippen LogP contribution is 2.22. The van der Waals surface area contributed by atoms with Crippen LogP contribution >= 0.6 is 0 Å². The summed E-state index contributed by atoms with van der Waals surface area (Å²) in [4.78, 5) is 23.2. The van der Waals surface area contributed by atoms with Gasteiger partial charge in [0.2, 0.25) is 5.91 Å². The first-order valence-electron chi connectivity index (χ1n) is 7.89. The second-order valence-electron chi connectivity index (χ2n) is 5.54. The molecular weight excluding hydrogens is 320 g/mol. The molecule has 0 spiro atoms. The van der Waals surface area contributed by atoms with Gasteiger partial charge >= 0.3 is 0 Å². The van der Waals surface area contributed by atoms with Crippen LogP contribution in [0.25, 0.3) is 0 Å². The van der Waals surface area contributed by atoms with Crippen LogP contribution in [-0.2, 0) is 16.1 Å². The number of para-hydroxylation sites is 1. The molecule has 0 aliphatic heterocycles. The summed E-state index contributed by atoms with van der Waals surface area (Å²) in [6, 6.07) is 12.8. The van der Waals surface area contributed by atoms with Crippen molar-refractivity contribution < 1.29 is 19.1 Å². The number of ether oxygens (including phenoxy) is 2. The molecule has 0 bridgehead atoms. The van der Waals surface area contributed by atoms with E-state index in [0.29, 0.717) is 17.2 Å². The van der Waals surface area contributed by atoms with Crippen molar-refractivity contribution in [2.24, 2.45) is 0 Å². The molecule has 0 heterocycles. The summed E-state index contributed by atoms with van der Waals surface area (Å²) in [7, 11) is 1.56. The topological polar surface area (TPSA) is 76.7 Å². The molecule has 0 fully saturated rings. The molecule has 2 amide bonds. The number of carbonyl (C=O) groups excluding carboxylic acids is 2. The highest BCUT2D eigenvalue weighted by atomic mass is 16.5.